The minimum Gasteiger partial charge on any atom is -0.479 e. The van der Waals surface area contributed by atoms with Gasteiger partial charge >= 0.3 is 5.97 Å². The Labute approximate surface area is 139 Å². The predicted octanol–water partition coefficient (Wildman–Crippen LogP) is 2.51. The van der Waals surface area contributed by atoms with Gasteiger partial charge in [-0.15, -0.1) is 0 Å². The van der Waals surface area contributed by atoms with E-state index in [1.807, 2.05) is 20.8 Å². The first kappa shape index (κ1) is 17.7. The van der Waals surface area contributed by atoms with Crippen LogP contribution in [0, 0.1) is 5.82 Å². The van der Waals surface area contributed by atoms with Gasteiger partial charge in [0.2, 0.25) is 0 Å². The summed E-state index contributed by atoms with van der Waals surface area (Å²) in [5.41, 5.74) is -1.47. The number of nitrogens with zero attached hydrogens (tertiary/aromatic N) is 2. The molecule has 1 aromatic heterocycles. The number of hydrogen-bond donors (Lipinski definition) is 2. The molecule has 1 unspecified atom stereocenters. The summed E-state index contributed by atoms with van der Waals surface area (Å²) >= 11 is 0. The van der Waals surface area contributed by atoms with Gasteiger partial charge in [-0.3, -0.25) is 9.48 Å². The summed E-state index contributed by atoms with van der Waals surface area (Å²) in [7, 11) is 0. The molecular weight excluding hydrogens is 313 g/mol. The van der Waals surface area contributed by atoms with Crippen molar-refractivity contribution >= 4 is 11.9 Å². The Morgan fingerprint density at radius 2 is 1.75 bits per heavy atom. The van der Waals surface area contributed by atoms with Crippen LogP contribution in [0.1, 0.15) is 43.6 Å². The number of nitrogens with one attached hydrogen (secondary N) is 1. The summed E-state index contributed by atoms with van der Waals surface area (Å²) in [4.78, 5) is 24.2. The smallest absolute Gasteiger partial charge is 0.333 e. The topological polar surface area (TPSA) is 84.2 Å². The Balaban J connectivity index is 2.30. The van der Waals surface area contributed by atoms with E-state index in [0.717, 1.165) is 12.1 Å². The largest absolute Gasteiger partial charge is 0.479 e. The van der Waals surface area contributed by atoms with E-state index in [0.29, 0.717) is 0 Å². The van der Waals surface area contributed by atoms with E-state index in [-0.39, 0.29) is 16.7 Å². The van der Waals surface area contributed by atoms with Gasteiger partial charge in [-0.2, -0.15) is 5.10 Å². The molecule has 0 saturated carbocycles. The summed E-state index contributed by atoms with van der Waals surface area (Å²) in [5, 5.41) is 16.2. The normalized spacial score (nSPS) is 14.0. The lowest BCUT2D eigenvalue weighted by Crippen LogP contribution is -2.49. The lowest BCUT2D eigenvalue weighted by Gasteiger charge is -2.26. The fourth-order valence-corrected chi connectivity index (χ4v) is 2.14. The van der Waals surface area contributed by atoms with Gasteiger partial charge < -0.3 is 10.4 Å². The lowest BCUT2D eigenvalue weighted by molar-refractivity contribution is -0.144. The fraction of sp³-hybridized carbons (Fsp3) is 0.353. The second kappa shape index (κ2) is 6.07. The van der Waals surface area contributed by atoms with Gasteiger partial charge in [0.15, 0.2) is 5.54 Å². The summed E-state index contributed by atoms with van der Waals surface area (Å²) in [5.74, 6) is -2.30. The fourth-order valence-electron chi connectivity index (χ4n) is 2.14. The van der Waals surface area contributed by atoms with Crippen molar-refractivity contribution in [3.8, 4) is 0 Å². The van der Waals surface area contributed by atoms with Gasteiger partial charge in [0.25, 0.3) is 5.91 Å². The first-order valence-corrected chi connectivity index (χ1v) is 7.41. The zero-order valence-corrected chi connectivity index (χ0v) is 14.0. The molecule has 0 fully saturated rings. The van der Waals surface area contributed by atoms with E-state index in [1.165, 1.54) is 25.3 Å². The van der Waals surface area contributed by atoms with Crippen LogP contribution >= 0.6 is 0 Å². The lowest BCUT2D eigenvalue weighted by atomic mass is 9.91. The minimum absolute atomic E-state index is 0.250. The quantitative estimate of drug-likeness (QED) is 0.900. The third kappa shape index (κ3) is 3.45. The maximum absolute atomic E-state index is 13.1. The molecule has 24 heavy (non-hydrogen) atoms. The Kier molecular flexibility index (Phi) is 4.46. The molecule has 2 aromatic rings. The van der Waals surface area contributed by atoms with E-state index in [4.69, 9.17) is 0 Å². The molecule has 0 bridgehead atoms. The number of carboxylic acids is 1. The maximum Gasteiger partial charge on any atom is 0.333 e. The van der Waals surface area contributed by atoms with Crippen molar-refractivity contribution in [1.29, 1.82) is 0 Å². The molecule has 7 heteroatoms. The Hall–Kier alpha value is -2.70. The molecular formula is C17H20FN3O3. The van der Waals surface area contributed by atoms with Crippen LogP contribution < -0.4 is 5.32 Å². The van der Waals surface area contributed by atoms with Gasteiger partial charge in [-0.1, -0.05) is 12.1 Å². The van der Waals surface area contributed by atoms with E-state index in [1.54, 1.807) is 10.9 Å². The molecule has 1 heterocycles. The highest BCUT2D eigenvalue weighted by molar-refractivity contribution is 5.97. The number of hydrogen-bond acceptors (Lipinski definition) is 3. The van der Waals surface area contributed by atoms with Crippen LogP contribution in [0.3, 0.4) is 0 Å². The molecule has 0 aliphatic heterocycles. The van der Waals surface area contributed by atoms with Crippen LogP contribution in [0.2, 0.25) is 0 Å². The number of carboxylic acid groups (broad SMARTS) is 1. The number of benzene rings is 1. The number of rotatable bonds is 4. The number of carbonyl (C=O) groups is 2. The number of aromatic nitrogens is 2. The third-order valence-electron chi connectivity index (χ3n) is 3.74. The molecule has 2 N–H and O–H groups in total. The summed E-state index contributed by atoms with van der Waals surface area (Å²) < 4.78 is 14.7. The molecule has 0 saturated heterocycles. The van der Waals surface area contributed by atoms with E-state index in [2.05, 4.69) is 10.4 Å². The number of carbonyl (C=O) groups excluding carboxylic acids is 1. The van der Waals surface area contributed by atoms with Crippen molar-refractivity contribution in [2.24, 2.45) is 0 Å². The molecule has 1 aromatic carbocycles. The second-order valence-electron chi connectivity index (χ2n) is 6.74. The number of halogens is 1. The van der Waals surface area contributed by atoms with Crippen LogP contribution in [0.15, 0.2) is 36.7 Å². The average molecular weight is 333 g/mol. The van der Waals surface area contributed by atoms with Crippen molar-refractivity contribution < 1.29 is 19.1 Å². The molecule has 1 atom stereocenters. The molecule has 0 spiro atoms. The predicted molar refractivity (Wildman–Crippen MR) is 86.1 cm³/mol. The maximum atomic E-state index is 13.1. The Morgan fingerprint density at radius 3 is 2.21 bits per heavy atom. The van der Waals surface area contributed by atoms with Crippen molar-refractivity contribution in [2.75, 3.05) is 0 Å². The number of aliphatic carboxylic acids is 1. The van der Waals surface area contributed by atoms with Gasteiger partial charge in [0.05, 0.1) is 17.3 Å². The summed E-state index contributed by atoms with van der Waals surface area (Å²) in [6, 6.07) is 4.98. The van der Waals surface area contributed by atoms with Crippen LogP contribution in [-0.4, -0.2) is 26.8 Å². The highest BCUT2D eigenvalue weighted by atomic mass is 19.1. The summed E-state index contributed by atoms with van der Waals surface area (Å²) in [6.45, 7) is 7.15. The SMILES string of the molecule is CC(NC(=O)c1cnn(C(C)(C)C)c1)(C(=O)O)c1ccc(F)cc1. The van der Waals surface area contributed by atoms with Gasteiger partial charge in [0, 0.05) is 6.20 Å². The van der Waals surface area contributed by atoms with E-state index in [9.17, 15) is 19.1 Å². The number of amides is 1. The van der Waals surface area contributed by atoms with E-state index >= 15 is 0 Å². The first-order chi connectivity index (χ1) is 11.0. The zero-order valence-electron chi connectivity index (χ0n) is 14.0. The Bertz CT molecular complexity index is 762. The molecule has 0 radical (unpaired) electrons. The van der Waals surface area contributed by atoms with E-state index < -0.39 is 23.2 Å². The highest BCUT2D eigenvalue weighted by Gasteiger charge is 2.37. The molecule has 0 aliphatic carbocycles. The molecule has 128 valence electrons. The van der Waals surface area contributed by atoms with Crippen LogP contribution in [0.5, 0.6) is 0 Å². The second-order valence-corrected chi connectivity index (χ2v) is 6.74. The average Bonchev–Trinajstić information content (AvgIpc) is 2.97. The molecule has 2 rings (SSSR count). The van der Waals surface area contributed by atoms with Crippen LogP contribution in [0.4, 0.5) is 4.39 Å². The third-order valence-corrected chi connectivity index (χ3v) is 3.74. The summed E-state index contributed by atoms with van der Waals surface area (Å²) in [6.07, 6.45) is 2.94. The van der Waals surface area contributed by atoms with Crippen molar-refractivity contribution in [3.05, 3.63) is 53.6 Å². The van der Waals surface area contributed by atoms with Gasteiger partial charge in [-0.25, -0.2) is 9.18 Å². The monoisotopic (exact) mass is 333 g/mol. The molecule has 1 amide bonds. The zero-order chi connectivity index (χ0) is 18.1. The first-order valence-electron chi connectivity index (χ1n) is 7.41. The van der Waals surface area contributed by atoms with Crippen molar-refractivity contribution in [2.45, 2.75) is 38.8 Å². The molecule has 0 aliphatic rings. The van der Waals surface area contributed by atoms with Crippen LogP contribution in [0.25, 0.3) is 0 Å². The minimum atomic E-state index is -1.69. The molecule has 6 nitrogen and oxygen atoms in total. The highest BCUT2D eigenvalue weighted by Crippen LogP contribution is 2.22. The van der Waals surface area contributed by atoms with Gasteiger partial charge in [-0.05, 0) is 45.4 Å². The van der Waals surface area contributed by atoms with Crippen LogP contribution in [-0.2, 0) is 15.9 Å². The Morgan fingerprint density at radius 1 is 1.17 bits per heavy atom. The standard InChI is InChI=1S/C17H20FN3O3/c1-16(2,3)21-10-11(9-19-21)14(22)20-17(4,15(23)24)12-5-7-13(18)8-6-12/h5-10H,1-4H3,(H,20,22)(H,23,24). The van der Waals surface area contributed by atoms with Gasteiger partial charge in [0.1, 0.15) is 5.82 Å². The van der Waals surface area contributed by atoms with Crippen molar-refractivity contribution in [3.63, 3.8) is 0 Å². The van der Waals surface area contributed by atoms with Crippen molar-refractivity contribution in [1.82, 2.24) is 15.1 Å².